The van der Waals surface area contributed by atoms with Gasteiger partial charge >= 0.3 is 0 Å². The molecule has 1 aromatic heterocycles. The Morgan fingerprint density at radius 3 is 2.86 bits per heavy atom. The summed E-state index contributed by atoms with van der Waals surface area (Å²) in [4.78, 5) is 13.8. The predicted molar refractivity (Wildman–Crippen MR) is 107 cm³/mol. The largest absolute Gasteiger partial charge is 0.504 e. The zero-order valence-corrected chi connectivity index (χ0v) is 16.2. The quantitative estimate of drug-likeness (QED) is 0.586. The zero-order chi connectivity index (χ0) is 20.1. The molecule has 6 nitrogen and oxygen atoms in total. The van der Waals surface area contributed by atoms with Gasteiger partial charge < -0.3 is 15.2 Å². The van der Waals surface area contributed by atoms with Crippen LogP contribution < -0.4 is 10.1 Å². The van der Waals surface area contributed by atoms with E-state index in [4.69, 9.17) is 4.74 Å². The molecule has 142 valence electrons. The number of rotatable bonds is 5. The summed E-state index contributed by atoms with van der Waals surface area (Å²) in [6.07, 6.45) is 5.31. The minimum absolute atomic E-state index is 0.00946. The maximum atomic E-state index is 12.6. The van der Waals surface area contributed by atoms with Crippen LogP contribution in [0.25, 0.3) is 6.08 Å². The standard InChI is InChI=1S/C21H19N3O3S/c1-2-27-18-10-13(7-8-17(18)25)9-14(11-22)20(26)24-21-16(12-23)15-5-3-4-6-19(15)28-21/h7-10,25H,2-6H2,1H3,(H,24,26)/b14-9+. The summed E-state index contributed by atoms with van der Waals surface area (Å²) in [5, 5.41) is 31.9. The Hall–Kier alpha value is -3.29. The SMILES string of the molecule is CCOc1cc(/C=C(\C#N)C(=O)Nc2sc3c(c2C#N)CCCC3)ccc1O. The third-order valence-electron chi connectivity index (χ3n) is 4.47. The van der Waals surface area contributed by atoms with Gasteiger partial charge in [-0.1, -0.05) is 6.07 Å². The number of phenolic OH excluding ortho intramolecular Hbond substituents is 1. The number of carbonyl (C=O) groups excluding carboxylic acids is 1. The maximum Gasteiger partial charge on any atom is 0.266 e. The molecule has 28 heavy (non-hydrogen) atoms. The van der Waals surface area contributed by atoms with E-state index in [1.807, 2.05) is 6.07 Å². The van der Waals surface area contributed by atoms with E-state index in [1.165, 1.54) is 23.5 Å². The fourth-order valence-corrected chi connectivity index (χ4v) is 4.38. The minimum Gasteiger partial charge on any atom is -0.504 e. The molecule has 0 saturated carbocycles. The first-order chi connectivity index (χ1) is 13.6. The number of amides is 1. The minimum atomic E-state index is -0.566. The summed E-state index contributed by atoms with van der Waals surface area (Å²) in [7, 11) is 0. The molecule has 3 rings (SSSR count). The highest BCUT2D eigenvalue weighted by atomic mass is 32.1. The second-order valence-corrected chi connectivity index (χ2v) is 7.42. The molecule has 7 heteroatoms. The molecule has 1 aromatic carbocycles. The van der Waals surface area contributed by atoms with Crippen molar-refractivity contribution in [2.24, 2.45) is 0 Å². The molecule has 0 atom stereocenters. The molecule has 0 spiro atoms. The first-order valence-electron chi connectivity index (χ1n) is 9.01. The number of aromatic hydroxyl groups is 1. The van der Waals surface area contributed by atoms with Crippen LogP contribution in [-0.4, -0.2) is 17.6 Å². The van der Waals surface area contributed by atoms with E-state index in [9.17, 15) is 20.4 Å². The summed E-state index contributed by atoms with van der Waals surface area (Å²) >= 11 is 1.42. The lowest BCUT2D eigenvalue weighted by atomic mass is 9.96. The second kappa shape index (κ2) is 8.60. The Morgan fingerprint density at radius 1 is 1.36 bits per heavy atom. The first-order valence-corrected chi connectivity index (χ1v) is 9.82. The van der Waals surface area contributed by atoms with Crippen molar-refractivity contribution in [1.29, 1.82) is 10.5 Å². The molecule has 2 N–H and O–H groups in total. The number of carbonyl (C=O) groups is 1. The van der Waals surface area contributed by atoms with Crippen molar-refractivity contribution in [2.75, 3.05) is 11.9 Å². The number of hydrogen-bond donors (Lipinski definition) is 2. The number of hydrogen-bond acceptors (Lipinski definition) is 6. The predicted octanol–water partition coefficient (Wildman–Crippen LogP) is 4.15. The number of phenols is 1. The number of fused-ring (bicyclic) bond motifs is 1. The van der Waals surface area contributed by atoms with E-state index < -0.39 is 5.91 Å². The lowest BCUT2D eigenvalue weighted by Gasteiger charge is -2.09. The second-order valence-electron chi connectivity index (χ2n) is 6.31. The van der Waals surface area contributed by atoms with Crippen LogP contribution in [0.5, 0.6) is 11.5 Å². The van der Waals surface area contributed by atoms with Gasteiger partial charge in [-0.05, 0) is 61.9 Å². The fraction of sp³-hybridized carbons (Fsp3) is 0.286. The Bertz CT molecular complexity index is 1020. The number of ether oxygens (including phenoxy) is 1. The van der Waals surface area contributed by atoms with Gasteiger partial charge in [0.25, 0.3) is 5.91 Å². The molecule has 0 fully saturated rings. The van der Waals surface area contributed by atoms with Gasteiger partial charge in [0.15, 0.2) is 11.5 Å². The van der Waals surface area contributed by atoms with E-state index >= 15 is 0 Å². The number of nitrogens with one attached hydrogen (secondary N) is 1. The molecule has 1 amide bonds. The van der Waals surface area contributed by atoms with Gasteiger partial charge in [0.05, 0.1) is 12.2 Å². The van der Waals surface area contributed by atoms with E-state index in [0.29, 0.717) is 22.7 Å². The molecule has 1 aliphatic carbocycles. The Balaban J connectivity index is 1.86. The molecular formula is C21H19N3O3S. The third-order valence-corrected chi connectivity index (χ3v) is 5.68. The van der Waals surface area contributed by atoms with Gasteiger partial charge in [-0.2, -0.15) is 10.5 Å². The van der Waals surface area contributed by atoms with E-state index in [0.717, 1.165) is 36.1 Å². The molecular weight excluding hydrogens is 374 g/mol. The van der Waals surface area contributed by atoms with Crippen molar-refractivity contribution < 1.29 is 14.6 Å². The van der Waals surface area contributed by atoms with Crippen molar-refractivity contribution in [3.63, 3.8) is 0 Å². The van der Waals surface area contributed by atoms with Gasteiger partial charge in [0.1, 0.15) is 22.7 Å². The Labute approximate surface area is 167 Å². The van der Waals surface area contributed by atoms with Crippen LogP contribution in [0, 0.1) is 22.7 Å². The lowest BCUT2D eigenvalue weighted by Crippen LogP contribution is -2.13. The topological polar surface area (TPSA) is 106 Å². The Morgan fingerprint density at radius 2 is 2.14 bits per heavy atom. The smallest absolute Gasteiger partial charge is 0.266 e. The fourth-order valence-electron chi connectivity index (χ4n) is 3.15. The molecule has 2 aromatic rings. The number of aryl methyl sites for hydroxylation is 1. The third kappa shape index (κ3) is 4.00. The molecule has 0 bridgehead atoms. The molecule has 1 heterocycles. The van der Waals surface area contributed by atoms with Crippen molar-refractivity contribution >= 4 is 28.3 Å². The van der Waals surface area contributed by atoms with Crippen LogP contribution in [0.15, 0.2) is 23.8 Å². The number of benzene rings is 1. The molecule has 0 unspecified atom stereocenters. The van der Waals surface area contributed by atoms with E-state index in [2.05, 4.69) is 11.4 Å². The van der Waals surface area contributed by atoms with Crippen molar-refractivity contribution in [3.8, 4) is 23.6 Å². The van der Waals surface area contributed by atoms with Crippen molar-refractivity contribution in [2.45, 2.75) is 32.6 Å². The van der Waals surface area contributed by atoms with Crippen LogP contribution in [0.4, 0.5) is 5.00 Å². The number of nitrogens with zero attached hydrogens (tertiary/aromatic N) is 2. The normalized spacial score (nSPS) is 13.2. The summed E-state index contributed by atoms with van der Waals surface area (Å²) in [5.41, 5.74) is 1.99. The van der Waals surface area contributed by atoms with Gasteiger partial charge in [0, 0.05) is 4.88 Å². The highest BCUT2D eigenvalue weighted by molar-refractivity contribution is 7.16. The highest BCUT2D eigenvalue weighted by Crippen LogP contribution is 2.37. The van der Waals surface area contributed by atoms with Gasteiger partial charge in [0.2, 0.25) is 0 Å². The van der Waals surface area contributed by atoms with Crippen LogP contribution in [0.1, 0.15) is 41.3 Å². The van der Waals surface area contributed by atoms with Crippen LogP contribution in [0.2, 0.25) is 0 Å². The Kier molecular flexibility index (Phi) is 5.98. The van der Waals surface area contributed by atoms with Gasteiger partial charge in [-0.25, -0.2) is 0 Å². The number of anilines is 1. The zero-order valence-electron chi connectivity index (χ0n) is 15.4. The number of thiophene rings is 1. The maximum absolute atomic E-state index is 12.6. The molecule has 0 radical (unpaired) electrons. The lowest BCUT2D eigenvalue weighted by molar-refractivity contribution is -0.112. The monoisotopic (exact) mass is 393 g/mol. The molecule has 1 aliphatic rings. The first kappa shape index (κ1) is 19.5. The van der Waals surface area contributed by atoms with Crippen LogP contribution >= 0.6 is 11.3 Å². The highest BCUT2D eigenvalue weighted by Gasteiger charge is 2.22. The van der Waals surface area contributed by atoms with E-state index in [1.54, 1.807) is 19.1 Å². The summed E-state index contributed by atoms with van der Waals surface area (Å²) in [5.74, 6) is -0.292. The average molecular weight is 393 g/mol. The average Bonchev–Trinajstić information content (AvgIpc) is 3.05. The van der Waals surface area contributed by atoms with Gasteiger partial charge in [-0.3, -0.25) is 4.79 Å². The molecule has 0 aliphatic heterocycles. The summed E-state index contributed by atoms with van der Waals surface area (Å²) < 4.78 is 5.33. The van der Waals surface area contributed by atoms with Crippen molar-refractivity contribution in [3.05, 3.63) is 45.3 Å². The summed E-state index contributed by atoms with van der Waals surface area (Å²) in [6, 6.07) is 8.70. The molecule has 0 saturated heterocycles. The van der Waals surface area contributed by atoms with E-state index in [-0.39, 0.29) is 17.1 Å². The van der Waals surface area contributed by atoms with Gasteiger partial charge in [-0.15, -0.1) is 11.3 Å². The van der Waals surface area contributed by atoms with Crippen LogP contribution in [-0.2, 0) is 17.6 Å². The summed E-state index contributed by atoms with van der Waals surface area (Å²) in [6.45, 7) is 2.18. The van der Waals surface area contributed by atoms with Crippen molar-refractivity contribution in [1.82, 2.24) is 0 Å². The van der Waals surface area contributed by atoms with Crippen LogP contribution in [0.3, 0.4) is 0 Å². The number of nitriles is 2.